The number of rotatable bonds is 0. The molecule has 0 saturated carbocycles. The van der Waals surface area contributed by atoms with Crippen molar-refractivity contribution in [3.63, 3.8) is 0 Å². The third-order valence-corrected chi connectivity index (χ3v) is 5.97. The number of carbonyl (C=O) groups excluding carboxylic acids is 1. The minimum absolute atomic E-state index is 0.138. The quantitative estimate of drug-likeness (QED) is 0.717. The molecule has 1 spiro atoms. The van der Waals surface area contributed by atoms with Crippen LogP contribution in [0.1, 0.15) is 5.56 Å². The van der Waals surface area contributed by atoms with Crippen LogP contribution in [0.25, 0.3) is 0 Å². The average molecular weight is 356 g/mol. The number of anilines is 1. The zero-order valence-corrected chi connectivity index (χ0v) is 14.7. The Balaban J connectivity index is 2.20. The number of allylic oxidation sites excluding steroid dienone is 2. The number of carbonyl (C=O) groups is 1. The minimum Gasteiger partial charge on any atom is -0.399 e. The summed E-state index contributed by atoms with van der Waals surface area (Å²) in [7, 11) is 1.90. The number of nitriles is 3. The number of benzene rings is 1. The lowest BCUT2D eigenvalue weighted by Crippen LogP contribution is -2.62. The monoisotopic (exact) mass is 356 g/mol. The number of likely N-dealkylation sites (N-methyl/N-ethyl adjacent to an activating group) is 1. The van der Waals surface area contributed by atoms with Crippen LogP contribution in [0, 0.1) is 45.3 Å². The molecular weight excluding hydrogens is 340 g/mol. The Morgan fingerprint density at radius 2 is 1.96 bits per heavy atom. The highest BCUT2D eigenvalue weighted by Crippen LogP contribution is 2.61. The van der Waals surface area contributed by atoms with Crippen LogP contribution in [0.5, 0.6) is 0 Å². The second kappa shape index (κ2) is 5.45. The number of hydrogen-bond donors (Lipinski definition) is 2. The van der Waals surface area contributed by atoms with Crippen LogP contribution in [0.3, 0.4) is 0 Å². The lowest BCUT2D eigenvalue weighted by atomic mass is 9.48. The van der Waals surface area contributed by atoms with Crippen LogP contribution in [-0.4, -0.2) is 30.9 Å². The van der Waals surface area contributed by atoms with Gasteiger partial charge in [0.2, 0.25) is 11.3 Å². The summed E-state index contributed by atoms with van der Waals surface area (Å²) in [5, 5.41) is 32.8. The average Bonchev–Trinajstić information content (AvgIpc) is 2.97. The number of hydrogen-bond acceptors (Lipinski definition) is 6. The van der Waals surface area contributed by atoms with Gasteiger partial charge in [0.15, 0.2) is 0 Å². The number of amides is 1. The Labute approximate surface area is 156 Å². The van der Waals surface area contributed by atoms with Gasteiger partial charge in [0, 0.05) is 24.7 Å². The molecule has 27 heavy (non-hydrogen) atoms. The Hall–Kier alpha value is -3.60. The molecule has 7 nitrogen and oxygen atoms in total. The minimum atomic E-state index is -1.98. The first kappa shape index (κ1) is 16.8. The maximum Gasteiger partial charge on any atom is 0.238 e. The maximum atomic E-state index is 13.4. The second-order valence-electron chi connectivity index (χ2n) is 7.12. The fourth-order valence-corrected chi connectivity index (χ4v) is 4.79. The van der Waals surface area contributed by atoms with Crippen LogP contribution in [0.15, 0.2) is 47.2 Å². The molecule has 1 aromatic carbocycles. The molecule has 0 radical (unpaired) electrons. The molecule has 0 aromatic heterocycles. The predicted molar refractivity (Wildman–Crippen MR) is 96.3 cm³/mol. The first-order valence-electron chi connectivity index (χ1n) is 8.50. The summed E-state index contributed by atoms with van der Waals surface area (Å²) in [4.78, 5) is 15.4. The zero-order valence-electron chi connectivity index (χ0n) is 14.7. The number of nitrogens with zero attached hydrogens (tertiary/aromatic N) is 4. The molecule has 3 N–H and O–H groups in total. The molecule has 1 aromatic rings. The summed E-state index contributed by atoms with van der Waals surface area (Å²) in [6, 6.07) is 13.2. The Morgan fingerprint density at radius 3 is 2.63 bits per heavy atom. The van der Waals surface area contributed by atoms with Crippen molar-refractivity contribution in [2.45, 2.75) is 5.41 Å². The van der Waals surface area contributed by atoms with E-state index >= 15 is 0 Å². The molecule has 1 aliphatic carbocycles. The van der Waals surface area contributed by atoms with Crippen molar-refractivity contribution < 1.29 is 4.79 Å². The molecule has 0 fully saturated rings. The lowest BCUT2D eigenvalue weighted by Gasteiger charge is -2.50. The molecule has 0 bridgehead atoms. The van der Waals surface area contributed by atoms with Gasteiger partial charge in [-0.05, 0) is 24.3 Å². The van der Waals surface area contributed by atoms with Crippen LogP contribution < -0.4 is 11.1 Å². The van der Waals surface area contributed by atoms with E-state index in [9.17, 15) is 20.6 Å². The van der Waals surface area contributed by atoms with E-state index in [1.54, 1.807) is 24.3 Å². The highest BCUT2D eigenvalue weighted by atomic mass is 16.2. The third kappa shape index (κ3) is 1.73. The highest BCUT2D eigenvalue weighted by molar-refractivity contribution is 6.09. The number of fused-ring (bicyclic) bond motifs is 4. The van der Waals surface area contributed by atoms with Crippen molar-refractivity contribution in [3.8, 4) is 18.2 Å². The zero-order chi connectivity index (χ0) is 19.4. The molecule has 4 rings (SSSR count). The first-order valence-corrected chi connectivity index (χ1v) is 8.50. The van der Waals surface area contributed by atoms with E-state index in [4.69, 9.17) is 5.73 Å². The van der Waals surface area contributed by atoms with Gasteiger partial charge in [-0.2, -0.15) is 15.8 Å². The molecular formula is C20H16N6O. The first-order chi connectivity index (χ1) is 13.0. The number of nitrogens with two attached hydrogens (primary N) is 1. The van der Waals surface area contributed by atoms with E-state index in [1.807, 2.05) is 30.2 Å². The van der Waals surface area contributed by atoms with E-state index in [0.717, 1.165) is 0 Å². The van der Waals surface area contributed by atoms with Crippen LogP contribution >= 0.6 is 0 Å². The van der Waals surface area contributed by atoms with Crippen molar-refractivity contribution in [2.24, 2.45) is 17.1 Å². The summed E-state index contributed by atoms with van der Waals surface area (Å²) in [6.45, 7) is 1.02. The van der Waals surface area contributed by atoms with Crippen molar-refractivity contribution in [3.05, 3.63) is 52.7 Å². The van der Waals surface area contributed by atoms with Crippen molar-refractivity contribution in [2.75, 3.05) is 25.5 Å². The van der Waals surface area contributed by atoms with Gasteiger partial charge in [-0.15, -0.1) is 0 Å². The van der Waals surface area contributed by atoms with Gasteiger partial charge in [0.05, 0.1) is 23.4 Å². The van der Waals surface area contributed by atoms with E-state index in [-0.39, 0.29) is 11.3 Å². The van der Waals surface area contributed by atoms with E-state index in [2.05, 4.69) is 11.4 Å². The van der Waals surface area contributed by atoms with Gasteiger partial charge in [0.1, 0.15) is 11.5 Å². The van der Waals surface area contributed by atoms with Gasteiger partial charge < -0.3 is 16.0 Å². The smallest absolute Gasteiger partial charge is 0.238 e. The largest absolute Gasteiger partial charge is 0.399 e. The topological polar surface area (TPSA) is 130 Å². The molecule has 2 atom stereocenters. The van der Waals surface area contributed by atoms with Crippen molar-refractivity contribution in [1.82, 2.24) is 4.90 Å². The van der Waals surface area contributed by atoms with Crippen LogP contribution in [0.2, 0.25) is 0 Å². The summed E-state index contributed by atoms with van der Waals surface area (Å²) in [5.41, 5.74) is 4.56. The van der Waals surface area contributed by atoms with Crippen molar-refractivity contribution in [1.29, 1.82) is 15.8 Å². The van der Waals surface area contributed by atoms with E-state index in [0.29, 0.717) is 29.9 Å². The summed E-state index contributed by atoms with van der Waals surface area (Å²) >= 11 is 0. The standard InChI is InChI=1S/C20H16N6O/c1-26-7-6-12-13(8-21)17(24)19(10-22,11-23)20(15(12)9-26)14-4-2-3-5-16(14)25-18(20)27/h2-6,15H,7,9,24H2,1H3,(H,25,27)/t15-,20-/m0/s1. The molecule has 3 aliphatic rings. The molecule has 7 heteroatoms. The summed E-state index contributed by atoms with van der Waals surface area (Å²) in [6.07, 6.45) is 1.87. The van der Waals surface area contributed by atoms with Gasteiger partial charge in [-0.1, -0.05) is 24.3 Å². The Bertz CT molecular complexity index is 1050. The molecule has 1 amide bonds. The SMILES string of the molecule is CN1CC=C2C(C#N)=C(N)C(C#N)(C#N)[C@]3(C(=O)Nc4ccccc43)[C@H]2C1. The van der Waals surface area contributed by atoms with Crippen LogP contribution in [0.4, 0.5) is 5.69 Å². The Morgan fingerprint density at radius 1 is 1.26 bits per heavy atom. The molecule has 0 unspecified atom stereocenters. The van der Waals surface area contributed by atoms with E-state index < -0.39 is 22.7 Å². The Kier molecular flexibility index (Phi) is 3.40. The van der Waals surface area contributed by atoms with E-state index in [1.165, 1.54) is 0 Å². The van der Waals surface area contributed by atoms with Gasteiger partial charge in [-0.3, -0.25) is 4.79 Å². The molecule has 0 saturated heterocycles. The second-order valence-corrected chi connectivity index (χ2v) is 7.12. The van der Waals surface area contributed by atoms with Crippen molar-refractivity contribution >= 4 is 11.6 Å². The van der Waals surface area contributed by atoms with Crippen LogP contribution in [-0.2, 0) is 10.2 Å². The number of nitrogens with one attached hydrogen (secondary N) is 1. The third-order valence-electron chi connectivity index (χ3n) is 5.97. The maximum absolute atomic E-state index is 13.4. The molecule has 132 valence electrons. The fraction of sp³-hybridized carbons (Fsp3) is 0.300. The van der Waals surface area contributed by atoms with Gasteiger partial charge in [0.25, 0.3) is 0 Å². The fourth-order valence-electron chi connectivity index (χ4n) is 4.79. The molecule has 2 heterocycles. The highest BCUT2D eigenvalue weighted by Gasteiger charge is 2.71. The number of para-hydroxylation sites is 1. The van der Waals surface area contributed by atoms with Gasteiger partial charge in [-0.25, -0.2) is 0 Å². The van der Waals surface area contributed by atoms with Gasteiger partial charge >= 0.3 is 0 Å². The lowest BCUT2D eigenvalue weighted by molar-refractivity contribution is -0.125. The predicted octanol–water partition coefficient (Wildman–Crippen LogP) is 1.15. The molecule has 2 aliphatic heterocycles. The normalized spacial score (nSPS) is 28.3. The summed E-state index contributed by atoms with van der Waals surface area (Å²) < 4.78 is 0. The summed E-state index contributed by atoms with van der Waals surface area (Å²) in [5.74, 6) is -0.973.